The standard InChI is InChI=1S/C11H9ClINO2/c1-2-16-10(15)5-7-3-4-9(13)8(6-14)11(7)12/h3-4H,2,5H2,1H3. The first-order chi connectivity index (χ1) is 7.60. The molecular formula is C11H9ClINO2. The highest BCUT2D eigenvalue weighted by Gasteiger charge is 2.13. The van der Waals surface area contributed by atoms with Gasteiger partial charge in [-0.1, -0.05) is 17.7 Å². The molecule has 1 aromatic carbocycles. The summed E-state index contributed by atoms with van der Waals surface area (Å²) in [6.45, 7) is 2.08. The van der Waals surface area contributed by atoms with Gasteiger partial charge in [0.15, 0.2) is 0 Å². The summed E-state index contributed by atoms with van der Waals surface area (Å²) in [5.41, 5.74) is 1.03. The first-order valence-corrected chi connectivity index (χ1v) is 6.08. The molecule has 0 spiro atoms. The summed E-state index contributed by atoms with van der Waals surface area (Å²) in [6, 6.07) is 5.52. The fourth-order valence-electron chi connectivity index (χ4n) is 1.20. The molecule has 0 fully saturated rings. The molecular weight excluding hydrogens is 340 g/mol. The van der Waals surface area contributed by atoms with Crippen molar-refractivity contribution in [3.63, 3.8) is 0 Å². The smallest absolute Gasteiger partial charge is 0.310 e. The fourth-order valence-corrected chi connectivity index (χ4v) is 2.21. The molecule has 84 valence electrons. The van der Waals surface area contributed by atoms with Crippen LogP contribution in [0, 0.1) is 14.9 Å². The largest absolute Gasteiger partial charge is 0.466 e. The van der Waals surface area contributed by atoms with Crippen LogP contribution in [-0.4, -0.2) is 12.6 Å². The van der Waals surface area contributed by atoms with Gasteiger partial charge >= 0.3 is 5.97 Å². The molecule has 5 heteroatoms. The van der Waals surface area contributed by atoms with Gasteiger partial charge in [-0.3, -0.25) is 4.79 Å². The van der Waals surface area contributed by atoms with Crippen LogP contribution >= 0.6 is 34.2 Å². The van der Waals surface area contributed by atoms with Gasteiger partial charge < -0.3 is 4.74 Å². The number of nitrogens with zero attached hydrogens (tertiary/aromatic N) is 1. The van der Waals surface area contributed by atoms with Crippen LogP contribution in [0.3, 0.4) is 0 Å². The van der Waals surface area contributed by atoms with Crippen LogP contribution in [0.5, 0.6) is 0 Å². The number of hydrogen-bond acceptors (Lipinski definition) is 3. The Kier molecular flexibility index (Phi) is 5.03. The number of rotatable bonds is 3. The van der Waals surface area contributed by atoms with Crippen LogP contribution in [0.1, 0.15) is 18.1 Å². The quantitative estimate of drug-likeness (QED) is 0.623. The second kappa shape index (κ2) is 6.06. The normalized spacial score (nSPS) is 9.62. The molecule has 0 heterocycles. The summed E-state index contributed by atoms with van der Waals surface area (Å²) in [4.78, 5) is 11.3. The molecule has 0 atom stereocenters. The predicted octanol–water partition coefficient (Wildman–Crippen LogP) is 2.92. The third-order valence-electron chi connectivity index (χ3n) is 1.92. The van der Waals surface area contributed by atoms with Crippen molar-refractivity contribution in [3.05, 3.63) is 31.9 Å². The van der Waals surface area contributed by atoms with E-state index in [0.29, 0.717) is 22.8 Å². The Balaban J connectivity index is 2.99. The summed E-state index contributed by atoms with van der Waals surface area (Å²) in [5, 5.41) is 9.24. The highest BCUT2D eigenvalue weighted by molar-refractivity contribution is 14.1. The van der Waals surface area contributed by atoms with Crippen LogP contribution in [0.2, 0.25) is 5.02 Å². The van der Waals surface area contributed by atoms with Gasteiger partial charge in [-0.2, -0.15) is 5.26 Å². The van der Waals surface area contributed by atoms with E-state index in [4.69, 9.17) is 21.6 Å². The molecule has 16 heavy (non-hydrogen) atoms. The van der Waals surface area contributed by atoms with Crippen LogP contribution in [0.25, 0.3) is 0 Å². The first-order valence-electron chi connectivity index (χ1n) is 4.62. The number of ether oxygens (including phenoxy) is 1. The Morgan fingerprint density at radius 2 is 2.31 bits per heavy atom. The number of carbonyl (C=O) groups is 1. The fraction of sp³-hybridized carbons (Fsp3) is 0.273. The first kappa shape index (κ1) is 13.3. The van der Waals surface area contributed by atoms with Gasteiger partial charge in [0.05, 0.1) is 23.6 Å². The lowest BCUT2D eigenvalue weighted by Crippen LogP contribution is -2.08. The van der Waals surface area contributed by atoms with E-state index in [1.165, 1.54) is 0 Å². The number of carbonyl (C=O) groups excluding carboxylic acids is 1. The minimum Gasteiger partial charge on any atom is -0.466 e. The summed E-state index contributed by atoms with van der Waals surface area (Å²) >= 11 is 8.05. The zero-order valence-electron chi connectivity index (χ0n) is 8.59. The Bertz CT molecular complexity index is 454. The number of halogens is 2. The number of hydrogen-bond donors (Lipinski definition) is 0. The molecule has 3 nitrogen and oxygen atoms in total. The number of benzene rings is 1. The van der Waals surface area contributed by atoms with Gasteiger partial charge in [-0.15, -0.1) is 0 Å². The Labute approximate surface area is 112 Å². The van der Waals surface area contributed by atoms with Crippen molar-refractivity contribution in [1.82, 2.24) is 0 Å². The van der Waals surface area contributed by atoms with Crippen LogP contribution in [0.15, 0.2) is 12.1 Å². The van der Waals surface area contributed by atoms with Crippen molar-refractivity contribution in [2.24, 2.45) is 0 Å². The molecule has 1 aromatic rings. The molecule has 0 aromatic heterocycles. The summed E-state index contributed by atoms with van der Waals surface area (Å²) < 4.78 is 5.60. The lowest BCUT2D eigenvalue weighted by Gasteiger charge is -2.06. The summed E-state index contributed by atoms with van der Waals surface area (Å²) in [6.07, 6.45) is 0.0955. The van der Waals surface area contributed by atoms with Crippen LogP contribution < -0.4 is 0 Å². The molecule has 0 aliphatic carbocycles. The van der Waals surface area contributed by atoms with E-state index in [0.717, 1.165) is 3.57 Å². The lowest BCUT2D eigenvalue weighted by atomic mass is 10.1. The van der Waals surface area contributed by atoms with Crippen molar-refractivity contribution in [1.29, 1.82) is 5.26 Å². The average Bonchev–Trinajstić information content (AvgIpc) is 2.23. The van der Waals surface area contributed by atoms with E-state index in [9.17, 15) is 4.79 Å². The number of nitriles is 1. The molecule has 0 saturated heterocycles. The maximum Gasteiger partial charge on any atom is 0.310 e. The van der Waals surface area contributed by atoms with Gasteiger partial charge in [0.2, 0.25) is 0 Å². The molecule has 0 bridgehead atoms. The second-order valence-electron chi connectivity index (χ2n) is 2.99. The molecule has 0 amide bonds. The molecule has 0 radical (unpaired) electrons. The topological polar surface area (TPSA) is 50.1 Å². The number of esters is 1. The molecule has 0 aliphatic rings. The predicted molar refractivity (Wildman–Crippen MR) is 69.2 cm³/mol. The molecule has 0 N–H and O–H groups in total. The highest BCUT2D eigenvalue weighted by atomic mass is 127. The molecule has 0 unspecified atom stereocenters. The van der Waals surface area contributed by atoms with Gasteiger partial charge in [0.1, 0.15) is 6.07 Å². The van der Waals surface area contributed by atoms with Crippen molar-refractivity contribution in [2.75, 3.05) is 6.61 Å². The summed E-state index contributed by atoms with van der Waals surface area (Å²) in [5.74, 6) is -0.338. The SMILES string of the molecule is CCOC(=O)Cc1ccc(I)c(C#N)c1Cl. The van der Waals surface area contributed by atoms with Crippen LogP contribution in [0.4, 0.5) is 0 Å². The maximum atomic E-state index is 11.3. The van der Waals surface area contributed by atoms with Crippen molar-refractivity contribution < 1.29 is 9.53 Å². The van der Waals surface area contributed by atoms with Crippen molar-refractivity contribution >= 4 is 40.2 Å². The van der Waals surface area contributed by atoms with E-state index in [1.54, 1.807) is 19.1 Å². The van der Waals surface area contributed by atoms with E-state index in [2.05, 4.69) is 0 Å². The van der Waals surface area contributed by atoms with Gasteiger partial charge in [0, 0.05) is 3.57 Å². The van der Waals surface area contributed by atoms with E-state index < -0.39 is 0 Å². The Morgan fingerprint density at radius 3 is 2.88 bits per heavy atom. The monoisotopic (exact) mass is 349 g/mol. The molecule has 0 aliphatic heterocycles. The minimum absolute atomic E-state index is 0.0955. The summed E-state index contributed by atoms with van der Waals surface area (Å²) in [7, 11) is 0. The third-order valence-corrected chi connectivity index (χ3v) is 3.25. The van der Waals surface area contributed by atoms with E-state index >= 15 is 0 Å². The highest BCUT2D eigenvalue weighted by Crippen LogP contribution is 2.25. The Hall–Kier alpha value is -0.800. The lowest BCUT2D eigenvalue weighted by molar-refractivity contribution is -0.142. The zero-order valence-corrected chi connectivity index (χ0v) is 11.5. The van der Waals surface area contributed by atoms with Crippen molar-refractivity contribution in [3.8, 4) is 6.07 Å². The van der Waals surface area contributed by atoms with Gasteiger partial charge in [-0.05, 0) is 41.1 Å². The molecule has 1 rings (SSSR count). The molecule has 0 saturated carbocycles. The second-order valence-corrected chi connectivity index (χ2v) is 4.53. The van der Waals surface area contributed by atoms with Crippen LogP contribution in [-0.2, 0) is 16.0 Å². The zero-order chi connectivity index (χ0) is 12.1. The van der Waals surface area contributed by atoms with E-state index in [-0.39, 0.29) is 12.4 Å². The average molecular weight is 350 g/mol. The third kappa shape index (κ3) is 3.09. The Morgan fingerprint density at radius 1 is 1.62 bits per heavy atom. The minimum atomic E-state index is -0.338. The van der Waals surface area contributed by atoms with Gasteiger partial charge in [-0.25, -0.2) is 0 Å². The van der Waals surface area contributed by atoms with Gasteiger partial charge in [0.25, 0.3) is 0 Å². The maximum absolute atomic E-state index is 11.3. The van der Waals surface area contributed by atoms with E-state index in [1.807, 2.05) is 28.7 Å². The van der Waals surface area contributed by atoms with Crippen molar-refractivity contribution in [2.45, 2.75) is 13.3 Å².